The number of furan rings is 1. The molecule has 1 amide bonds. The molecule has 166 valence electrons. The predicted molar refractivity (Wildman–Crippen MR) is 121 cm³/mol. The monoisotopic (exact) mass is 450 g/mol. The lowest BCUT2D eigenvalue weighted by molar-refractivity contribution is -0.130. The Bertz CT molecular complexity index is 1080. The number of aromatic nitrogens is 2. The number of amides is 1. The van der Waals surface area contributed by atoms with Crippen molar-refractivity contribution in [3.63, 3.8) is 0 Å². The molecule has 0 spiro atoms. The third-order valence-electron chi connectivity index (χ3n) is 6.12. The van der Waals surface area contributed by atoms with Gasteiger partial charge in [-0.15, -0.1) is 10.2 Å². The molecule has 2 aliphatic rings. The van der Waals surface area contributed by atoms with E-state index < -0.39 is 0 Å². The molecule has 1 saturated carbocycles. The summed E-state index contributed by atoms with van der Waals surface area (Å²) in [5.74, 6) is 1.84. The van der Waals surface area contributed by atoms with Crippen molar-refractivity contribution in [2.24, 2.45) is 5.10 Å². The van der Waals surface area contributed by atoms with Gasteiger partial charge in [0.05, 0.1) is 17.7 Å². The van der Waals surface area contributed by atoms with Gasteiger partial charge in [0.1, 0.15) is 11.8 Å². The lowest BCUT2D eigenvalue weighted by atomic mass is 9.89. The first-order chi connectivity index (χ1) is 15.7. The van der Waals surface area contributed by atoms with Crippen LogP contribution in [0.5, 0.6) is 0 Å². The molecule has 2 aromatic heterocycles. The maximum Gasteiger partial charge on any atom is 0.277 e. The number of hydrogen-bond donors (Lipinski definition) is 0. The predicted octanol–water partition coefficient (Wildman–Crippen LogP) is 5.49. The van der Waals surface area contributed by atoms with E-state index in [0.29, 0.717) is 23.5 Å². The van der Waals surface area contributed by atoms with Crippen LogP contribution in [0.1, 0.15) is 73.3 Å². The van der Waals surface area contributed by atoms with Gasteiger partial charge in [0, 0.05) is 12.3 Å². The smallest absolute Gasteiger partial charge is 0.277 e. The van der Waals surface area contributed by atoms with Crippen LogP contribution in [0, 0.1) is 6.92 Å². The quantitative estimate of drug-likeness (QED) is 0.462. The van der Waals surface area contributed by atoms with Gasteiger partial charge in [-0.25, -0.2) is 5.01 Å². The summed E-state index contributed by atoms with van der Waals surface area (Å²) in [6.45, 7) is 2.05. The van der Waals surface area contributed by atoms with E-state index in [0.717, 1.165) is 29.9 Å². The average molecular weight is 451 g/mol. The van der Waals surface area contributed by atoms with Crippen LogP contribution < -0.4 is 0 Å². The van der Waals surface area contributed by atoms with Gasteiger partial charge in [-0.3, -0.25) is 4.79 Å². The molecule has 0 saturated heterocycles. The molecule has 7 nitrogen and oxygen atoms in total. The minimum absolute atomic E-state index is 0.115. The van der Waals surface area contributed by atoms with Crippen LogP contribution in [0.3, 0.4) is 0 Å². The summed E-state index contributed by atoms with van der Waals surface area (Å²) < 4.78 is 11.5. The molecular weight excluding hydrogens is 424 g/mol. The Morgan fingerprint density at radius 3 is 2.69 bits per heavy atom. The summed E-state index contributed by atoms with van der Waals surface area (Å²) in [4.78, 5) is 13.1. The molecule has 0 bridgehead atoms. The largest absolute Gasteiger partial charge is 0.467 e. The summed E-state index contributed by atoms with van der Waals surface area (Å²) in [7, 11) is 0. The first kappa shape index (κ1) is 21.0. The topological polar surface area (TPSA) is 84.7 Å². The summed E-state index contributed by atoms with van der Waals surface area (Å²) in [6, 6.07) is 11.7. The van der Waals surface area contributed by atoms with Gasteiger partial charge < -0.3 is 8.83 Å². The summed E-state index contributed by atoms with van der Waals surface area (Å²) in [5, 5.41) is 15.0. The number of carbonyl (C=O) groups is 1. The number of nitrogens with zero attached hydrogens (tertiary/aromatic N) is 4. The number of rotatable bonds is 6. The van der Waals surface area contributed by atoms with E-state index in [-0.39, 0.29) is 17.7 Å². The molecule has 3 heterocycles. The van der Waals surface area contributed by atoms with Crippen molar-refractivity contribution >= 4 is 23.4 Å². The van der Waals surface area contributed by atoms with Crippen LogP contribution in [-0.2, 0) is 4.79 Å². The molecule has 1 aliphatic heterocycles. The molecule has 8 heteroatoms. The van der Waals surface area contributed by atoms with Crippen LogP contribution in [-0.4, -0.2) is 32.6 Å². The highest BCUT2D eigenvalue weighted by atomic mass is 32.2. The van der Waals surface area contributed by atoms with Crippen LogP contribution in [0.2, 0.25) is 0 Å². The van der Waals surface area contributed by atoms with Crippen molar-refractivity contribution < 1.29 is 13.6 Å². The maximum atomic E-state index is 13.1. The minimum atomic E-state index is -0.255. The minimum Gasteiger partial charge on any atom is -0.467 e. The van der Waals surface area contributed by atoms with E-state index in [9.17, 15) is 4.79 Å². The van der Waals surface area contributed by atoms with Gasteiger partial charge in [-0.05, 0) is 37.5 Å². The van der Waals surface area contributed by atoms with Crippen LogP contribution in [0.4, 0.5) is 0 Å². The first-order valence-corrected chi connectivity index (χ1v) is 12.1. The van der Waals surface area contributed by atoms with Gasteiger partial charge in [0.25, 0.3) is 11.1 Å². The van der Waals surface area contributed by atoms with Gasteiger partial charge in [-0.2, -0.15) is 5.10 Å². The van der Waals surface area contributed by atoms with Gasteiger partial charge in [0.15, 0.2) is 0 Å². The number of hydrazone groups is 1. The SMILES string of the molecule is Cc1ccc(C2=NN(C(=O)CSc3nnc(C4CCCCC4)o3)[C@@H](c3ccco3)C2)cc1. The molecule has 0 radical (unpaired) electrons. The Kier molecular flexibility index (Phi) is 6.12. The zero-order valence-corrected chi connectivity index (χ0v) is 18.9. The van der Waals surface area contributed by atoms with E-state index in [1.807, 2.05) is 24.3 Å². The second-order valence-electron chi connectivity index (χ2n) is 8.42. The first-order valence-electron chi connectivity index (χ1n) is 11.1. The van der Waals surface area contributed by atoms with Crippen molar-refractivity contribution in [2.45, 2.75) is 62.6 Å². The molecule has 1 atom stereocenters. The number of thioether (sulfide) groups is 1. The zero-order chi connectivity index (χ0) is 21.9. The van der Waals surface area contributed by atoms with E-state index in [2.05, 4.69) is 34.4 Å². The second-order valence-corrected chi connectivity index (χ2v) is 9.34. The highest BCUT2D eigenvalue weighted by Crippen LogP contribution is 2.35. The fourth-order valence-electron chi connectivity index (χ4n) is 4.35. The molecule has 0 N–H and O–H groups in total. The molecule has 1 aliphatic carbocycles. The van der Waals surface area contributed by atoms with Crippen molar-refractivity contribution in [3.05, 3.63) is 65.4 Å². The van der Waals surface area contributed by atoms with Gasteiger partial charge in [-0.1, -0.05) is 60.9 Å². The Labute approximate surface area is 191 Å². The van der Waals surface area contributed by atoms with E-state index in [1.54, 1.807) is 11.3 Å². The molecule has 0 unspecified atom stereocenters. The van der Waals surface area contributed by atoms with Crippen LogP contribution in [0.15, 0.2) is 61.8 Å². The number of carbonyl (C=O) groups excluding carboxylic acids is 1. The molecule has 1 fully saturated rings. The number of hydrogen-bond acceptors (Lipinski definition) is 7. The third kappa shape index (κ3) is 4.50. The summed E-state index contributed by atoms with van der Waals surface area (Å²) in [5.41, 5.74) is 3.08. The van der Waals surface area contributed by atoms with Crippen molar-refractivity contribution in [2.75, 3.05) is 5.75 Å². The Morgan fingerprint density at radius 1 is 1.12 bits per heavy atom. The zero-order valence-electron chi connectivity index (χ0n) is 18.1. The van der Waals surface area contributed by atoms with Crippen LogP contribution in [0.25, 0.3) is 0 Å². The Morgan fingerprint density at radius 2 is 1.94 bits per heavy atom. The number of aryl methyl sites for hydroxylation is 1. The Balaban J connectivity index is 1.29. The standard InChI is InChI=1S/C24H26N4O3S/c1-16-9-11-17(12-10-16)19-14-20(21-8-5-13-30-21)28(27-19)22(29)15-32-24-26-25-23(31-24)18-6-3-2-4-7-18/h5,8-13,18,20H,2-4,6-7,14-15H2,1H3/t20-/m1/s1. The normalized spacial score (nSPS) is 19.3. The lowest BCUT2D eigenvalue weighted by Gasteiger charge is -2.19. The van der Waals surface area contributed by atoms with Crippen LogP contribution >= 0.6 is 11.8 Å². The molecule has 5 rings (SSSR count). The van der Waals surface area contributed by atoms with E-state index >= 15 is 0 Å². The van der Waals surface area contributed by atoms with E-state index in [1.165, 1.54) is 36.6 Å². The molecule has 1 aromatic carbocycles. The Hall–Kier alpha value is -2.87. The second kappa shape index (κ2) is 9.32. The average Bonchev–Trinajstić information content (AvgIpc) is 3.59. The maximum absolute atomic E-state index is 13.1. The van der Waals surface area contributed by atoms with Gasteiger partial charge >= 0.3 is 0 Å². The highest BCUT2D eigenvalue weighted by molar-refractivity contribution is 7.99. The third-order valence-corrected chi connectivity index (χ3v) is 6.92. The van der Waals surface area contributed by atoms with Crippen molar-refractivity contribution in [1.29, 1.82) is 0 Å². The fourth-order valence-corrected chi connectivity index (χ4v) is 4.97. The van der Waals surface area contributed by atoms with Crippen molar-refractivity contribution in [1.82, 2.24) is 15.2 Å². The summed E-state index contributed by atoms with van der Waals surface area (Å²) >= 11 is 1.27. The molecule has 32 heavy (non-hydrogen) atoms. The number of benzene rings is 1. The van der Waals surface area contributed by atoms with Crippen molar-refractivity contribution in [3.8, 4) is 0 Å². The summed E-state index contributed by atoms with van der Waals surface area (Å²) in [6.07, 6.45) is 8.12. The molecular formula is C24H26N4O3S. The highest BCUT2D eigenvalue weighted by Gasteiger charge is 2.35. The van der Waals surface area contributed by atoms with Gasteiger partial charge in [0.2, 0.25) is 5.89 Å². The molecule has 3 aromatic rings. The fraction of sp³-hybridized carbons (Fsp3) is 0.417. The lowest BCUT2D eigenvalue weighted by Crippen LogP contribution is -2.28. The van der Waals surface area contributed by atoms with E-state index in [4.69, 9.17) is 8.83 Å².